The highest BCUT2D eigenvalue weighted by Crippen LogP contribution is 2.18. The van der Waals surface area contributed by atoms with Crippen molar-refractivity contribution < 1.29 is 18.3 Å². The van der Waals surface area contributed by atoms with Crippen molar-refractivity contribution in [3.63, 3.8) is 0 Å². The van der Waals surface area contributed by atoms with Gasteiger partial charge in [-0.1, -0.05) is 12.1 Å². The number of anilines is 1. The normalized spacial score (nSPS) is 10.8. The van der Waals surface area contributed by atoms with Gasteiger partial charge in [0.15, 0.2) is 0 Å². The smallest absolute Gasteiger partial charge is 0.303 e. The Morgan fingerprint density at radius 1 is 1.08 bits per heavy atom. The molecule has 0 aliphatic carbocycles. The Hall–Kier alpha value is -2.85. The molecule has 2 aromatic rings. The van der Waals surface area contributed by atoms with Crippen molar-refractivity contribution in [2.24, 2.45) is 0 Å². The summed E-state index contributed by atoms with van der Waals surface area (Å²) < 4.78 is 27.0. The zero-order valence-corrected chi connectivity index (χ0v) is 13.6. The number of hydrogen-bond acceptors (Lipinski definition) is 4. The monoisotopic (exact) mass is 344 g/mol. The molecule has 2 rings (SSSR count). The molecule has 2 N–H and O–H groups in total. The number of rotatable bonds is 7. The first-order valence-electron chi connectivity index (χ1n) is 7.24. The van der Waals surface area contributed by atoms with Gasteiger partial charge >= 0.3 is 5.97 Å². The van der Waals surface area contributed by atoms with Gasteiger partial charge in [-0.15, -0.1) is 0 Å². The summed E-state index contributed by atoms with van der Waals surface area (Å²) in [6, 6.07) is 14.4. The minimum atomic E-state index is -3.72. The van der Waals surface area contributed by atoms with Crippen LogP contribution in [0.1, 0.15) is 24.0 Å². The van der Waals surface area contributed by atoms with Crippen LogP contribution in [-0.4, -0.2) is 19.5 Å². The molecule has 0 aliphatic heterocycles. The number of benzene rings is 2. The second-order valence-electron chi connectivity index (χ2n) is 5.19. The molecule has 124 valence electrons. The summed E-state index contributed by atoms with van der Waals surface area (Å²) in [5, 5.41) is 17.3. The van der Waals surface area contributed by atoms with Crippen LogP contribution >= 0.6 is 0 Å². The van der Waals surface area contributed by atoms with Crippen LogP contribution in [0.2, 0.25) is 0 Å². The molecular weight excluding hydrogens is 328 g/mol. The van der Waals surface area contributed by atoms with Gasteiger partial charge in [-0.05, 0) is 54.8 Å². The molecule has 7 heteroatoms. The Morgan fingerprint density at radius 3 is 2.25 bits per heavy atom. The van der Waals surface area contributed by atoms with Gasteiger partial charge in [-0.2, -0.15) is 5.26 Å². The average Bonchev–Trinajstić information content (AvgIpc) is 2.56. The third-order valence-corrected chi connectivity index (χ3v) is 4.75. The standard InChI is InChI=1S/C17H16N2O4S/c18-12-14-6-10-16(11-7-14)24(22,23)19-15-8-4-13(5-9-15)2-1-3-17(20)21/h4-11,19H,1-3H2,(H,20,21). The maximum Gasteiger partial charge on any atom is 0.303 e. The van der Waals surface area contributed by atoms with E-state index in [-0.39, 0.29) is 11.3 Å². The minimum absolute atomic E-state index is 0.0760. The number of aryl methyl sites for hydroxylation is 1. The Labute approximate surface area is 140 Å². The molecule has 0 atom stereocenters. The number of sulfonamides is 1. The van der Waals surface area contributed by atoms with Crippen molar-refractivity contribution in [3.05, 3.63) is 59.7 Å². The first kappa shape index (κ1) is 17.5. The van der Waals surface area contributed by atoms with E-state index in [1.165, 1.54) is 24.3 Å². The van der Waals surface area contributed by atoms with E-state index >= 15 is 0 Å². The van der Waals surface area contributed by atoms with E-state index < -0.39 is 16.0 Å². The molecule has 0 unspecified atom stereocenters. The Bertz CT molecular complexity index is 851. The quantitative estimate of drug-likeness (QED) is 0.803. The summed E-state index contributed by atoms with van der Waals surface area (Å²) in [7, 11) is -3.72. The van der Waals surface area contributed by atoms with Crippen molar-refractivity contribution >= 4 is 21.7 Å². The SMILES string of the molecule is N#Cc1ccc(S(=O)(=O)Nc2ccc(CCCC(=O)O)cc2)cc1. The molecular formula is C17H16N2O4S. The van der Waals surface area contributed by atoms with Gasteiger partial charge in [-0.3, -0.25) is 9.52 Å². The predicted molar refractivity (Wildman–Crippen MR) is 89.0 cm³/mol. The first-order valence-corrected chi connectivity index (χ1v) is 8.73. The van der Waals surface area contributed by atoms with E-state index in [1.807, 2.05) is 6.07 Å². The number of nitriles is 1. The third kappa shape index (κ3) is 4.83. The fourth-order valence-electron chi connectivity index (χ4n) is 2.11. The van der Waals surface area contributed by atoms with Crippen LogP contribution in [0.4, 0.5) is 5.69 Å². The summed E-state index contributed by atoms with van der Waals surface area (Å²) in [5.74, 6) is -0.832. The Balaban J connectivity index is 2.04. The molecule has 24 heavy (non-hydrogen) atoms. The van der Waals surface area contributed by atoms with E-state index in [4.69, 9.17) is 10.4 Å². The summed E-state index contributed by atoms with van der Waals surface area (Å²) in [5.41, 5.74) is 1.75. The second kappa shape index (κ2) is 7.62. The van der Waals surface area contributed by atoms with Crippen molar-refractivity contribution in [3.8, 4) is 6.07 Å². The Morgan fingerprint density at radius 2 is 1.71 bits per heavy atom. The number of hydrogen-bond donors (Lipinski definition) is 2. The minimum Gasteiger partial charge on any atom is -0.481 e. The van der Waals surface area contributed by atoms with Crippen LogP contribution in [-0.2, 0) is 21.2 Å². The molecule has 0 amide bonds. The predicted octanol–water partition coefficient (Wildman–Crippen LogP) is 2.77. The van der Waals surface area contributed by atoms with Crippen LogP contribution in [0.3, 0.4) is 0 Å². The maximum atomic E-state index is 12.3. The average molecular weight is 344 g/mol. The molecule has 0 fully saturated rings. The van der Waals surface area contributed by atoms with Crippen molar-refractivity contribution in [1.29, 1.82) is 5.26 Å². The number of nitrogens with one attached hydrogen (secondary N) is 1. The van der Waals surface area contributed by atoms with Gasteiger partial charge < -0.3 is 5.11 Å². The molecule has 0 saturated heterocycles. The third-order valence-electron chi connectivity index (χ3n) is 3.36. The van der Waals surface area contributed by atoms with Crippen LogP contribution < -0.4 is 4.72 Å². The fraction of sp³-hybridized carbons (Fsp3) is 0.176. The zero-order chi connectivity index (χ0) is 17.6. The van der Waals surface area contributed by atoms with Crippen LogP contribution in [0.5, 0.6) is 0 Å². The largest absolute Gasteiger partial charge is 0.481 e. The van der Waals surface area contributed by atoms with Crippen LogP contribution in [0.15, 0.2) is 53.4 Å². The maximum absolute atomic E-state index is 12.3. The van der Waals surface area contributed by atoms with Gasteiger partial charge in [0.05, 0.1) is 16.5 Å². The lowest BCUT2D eigenvalue weighted by atomic mass is 10.1. The van der Waals surface area contributed by atoms with E-state index in [2.05, 4.69) is 4.72 Å². The van der Waals surface area contributed by atoms with Gasteiger partial charge in [0, 0.05) is 12.1 Å². The Kier molecular flexibility index (Phi) is 5.55. The fourth-order valence-corrected chi connectivity index (χ4v) is 3.16. The molecule has 0 spiro atoms. The van der Waals surface area contributed by atoms with E-state index in [9.17, 15) is 13.2 Å². The van der Waals surface area contributed by atoms with Gasteiger partial charge in [-0.25, -0.2) is 8.42 Å². The second-order valence-corrected chi connectivity index (χ2v) is 6.87. The number of carboxylic acid groups (broad SMARTS) is 1. The molecule has 0 saturated carbocycles. The van der Waals surface area contributed by atoms with E-state index in [0.717, 1.165) is 5.56 Å². The first-order chi connectivity index (χ1) is 11.4. The summed E-state index contributed by atoms with van der Waals surface area (Å²) >= 11 is 0. The number of nitrogens with zero attached hydrogens (tertiary/aromatic N) is 1. The highest BCUT2D eigenvalue weighted by molar-refractivity contribution is 7.92. The lowest BCUT2D eigenvalue weighted by Gasteiger charge is -2.09. The van der Waals surface area contributed by atoms with Crippen molar-refractivity contribution in [2.75, 3.05) is 4.72 Å². The number of aliphatic carboxylic acids is 1. The molecule has 0 bridgehead atoms. The summed E-state index contributed by atoms with van der Waals surface area (Å²) in [6.07, 6.45) is 1.26. The molecule has 0 aromatic heterocycles. The van der Waals surface area contributed by atoms with Gasteiger partial charge in [0.25, 0.3) is 10.0 Å². The van der Waals surface area contributed by atoms with E-state index in [0.29, 0.717) is 24.1 Å². The molecule has 0 radical (unpaired) electrons. The zero-order valence-electron chi connectivity index (χ0n) is 12.8. The van der Waals surface area contributed by atoms with E-state index in [1.54, 1.807) is 24.3 Å². The molecule has 0 heterocycles. The van der Waals surface area contributed by atoms with Crippen LogP contribution in [0.25, 0.3) is 0 Å². The summed E-state index contributed by atoms with van der Waals surface area (Å²) in [4.78, 5) is 10.6. The topological polar surface area (TPSA) is 107 Å². The van der Waals surface area contributed by atoms with Crippen molar-refractivity contribution in [1.82, 2.24) is 0 Å². The molecule has 0 aliphatic rings. The van der Waals surface area contributed by atoms with Crippen molar-refractivity contribution in [2.45, 2.75) is 24.2 Å². The van der Waals surface area contributed by atoms with Gasteiger partial charge in [0.1, 0.15) is 0 Å². The highest BCUT2D eigenvalue weighted by atomic mass is 32.2. The highest BCUT2D eigenvalue weighted by Gasteiger charge is 2.14. The summed E-state index contributed by atoms with van der Waals surface area (Å²) in [6.45, 7) is 0. The van der Waals surface area contributed by atoms with Gasteiger partial charge in [0.2, 0.25) is 0 Å². The lowest BCUT2D eigenvalue weighted by molar-refractivity contribution is -0.137. The number of carbonyl (C=O) groups is 1. The molecule has 2 aromatic carbocycles. The number of carboxylic acids is 1. The lowest BCUT2D eigenvalue weighted by Crippen LogP contribution is -2.12. The van der Waals surface area contributed by atoms with Crippen LogP contribution in [0, 0.1) is 11.3 Å². The molecule has 6 nitrogen and oxygen atoms in total.